The molecule has 0 saturated carbocycles. The first-order valence-electron chi connectivity index (χ1n) is 10.6. The molecular weight excluding hydrogens is 476 g/mol. The molecule has 1 amide bonds. The Morgan fingerprint density at radius 2 is 1.65 bits per heavy atom. The number of hydrogen-bond donors (Lipinski definition) is 3. The van der Waals surface area contributed by atoms with Gasteiger partial charge in [0.15, 0.2) is 0 Å². The van der Waals surface area contributed by atoms with Gasteiger partial charge in [-0.05, 0) is 78.9 Å². The van der Waals surface area contributed by atoms with Crippen molar-refractivity contribution in [2.75, 3.05) is 4.72 Å². The number of sulfonamides is 1. The molecule has 0 aliphatic carbocycles. The van der Waals surface area contributed by atoms with Gasteiger partial charge in [0.25, 0.3) is 15.9 Å². The van der Waals surface area contributed by atoms with Crippen LogP contribution in [0.25, 0.3) is 11.1 Å². The van der Waals surface area contributed by atoms with Gasteiger partial charge in [0.05, 0.1) is 4.90 Å². The number of benzene rings is 3. The van der Waals surface area contributed by atoms with Crippen LogP contribution in [-0.2, 0) is 14.8 Å². The minimum atomic E-state index is -3.83. The number of halogens is 1. The summed E-state index contributed by atoms with van der Waals surface area (Å²) in [5.74, 6) is -1.56. The fraction of sp³-hybridized carbons (Fsp3) is 0.200. The van der Waals surface area contributed by atoms with E-state index in [0.717, 1.165) is 11.1 Å². The van der Waals surface area contributed by atoms with E-state index in [1.807, 2.05) is 6.07 Å². The number of carboxylic acid groups (broad SMARTS) is 1. The van der Waals surface area contributed by atoms with Crippen molar-refractivity contribution >= 4 is 39.2 Å². The van der Waals surface area contributed by atoms with E-state index >= 15 is 0 Å². The van der Waals surface area contributed by atoms with Gasteiger partial charge in [0.1, 0.15) is 6.04 Å². The van der Waals surface area contributed by atoms with Gasteiger partial charge < -0.3 is 10.4 Å². The van der Waals surface area contributed by atoms with Crippen LogP contribution in [0.3, 0.4) is 0 Å². The molecular formula is C25H25ClN2O5S. The Morgan fingerprint density at radius 1 is 0.971 bits per heavy atom. The summed E-state index contributed by atoms with van der Waals surface area (Å²) >= 11 is 6.09. The molecule has 178 valence electrons. The molecule has 7 nitrogen and oxygen atoms in total. The van der Waals surface area contributed by atoms with Crippen LogP contribution in [0.15, 0.2) is 65.6 Å². The zero-order valence-corrected chi connectivity index (χ0v) is 20.5. The molecule has 34 heavy (non-hydrogen) atoms. The lowest BCUT2D eigenvalue weighted by Gasteiger charge is -2.14. The van der Waals surface area contributed by atoms with Gasteiger partial charge in [-0.15, -0.1) is 0 Å². The fourth-order valence-corrected chi connectivity index (χ4v) is 4.99. The van der Waals surface area contributed by atoms with Crippen molar-refractivity contribution in [3.63, 3.8) is 0 Å². The predicted molar refractivity (Wildman–Crippen MR) is 133 cm³/mol. The third-order valence-electron chi connectivity index (χ3n) is 5.35. The third kappa shape index (κ3) is 5.76. The van der Waals surface area contributed by atoms with Gasteiger partial charge in [0, 0.05) is 16.3 Å². The Balaban J connectivity index is 1.81. The van der Waals surface area contributed by atoms with Crippen molar-refractivity contribution < 1.29 is 23.1 Å². The molecule has 0 heterocycles. The first-order chi connectivity index (χ1) is 16.0. The summed E-state index contributed by atoms with van der Waals surface area (Å²) < 4.78 is 28.6. The van der Waals surface area contributed by atoms with Crippen molar-refractivity contribution in [3.05, 3.63) is 82.4 Å². The summed E-state index contributed by atoms with van der Waals surface area (Å²) in [6.45, 7) is 5.11. The smallest absolute Gasteiger partial charge is 0.326 e. The van der Waals surface area contributed by atoms with Crippen LogP contribution in [0.5, 0.6) is 0 Å². The van der Waals surface area contributed by atoms with E-state index in [-0.39, 0.29) is 11.3 Å². The number of carbonyl (C=O) groups is 2. The SMILES string of the molecule is CC[C@H](NC(=O)c1ccc(-c2cccc(NS(=O)(=O)c3cc(C)c(Cl)cc3C)c2)cc1)C(=O)O. The molecule has 0 aliphatic heterocycles. The van der Waals surface area contributed by atoms with Gasteiger partial charge in [-0.2, -0.15) is 0 Å². The Labute approximate surface area is 203 Å². The van der Waals surface area contributed by atoms with Gasteiger partial charge >= 0.3 is 5.97 Å². The summed E-state index contributed by atoms with van der Waals surface area (Å²) in [7, 11) is -3.83. The van der Waals surface area contributed by atoms with Crippen molar-refractivity contribution in [3.8, 4) is 11.1 Å². The highest BCUT2D eigenvalue weighted by Crippen LogP contribution is 2.28. The Hall–Kier alpha value is -3.36. The largest absolute Gasteiger partial charge is 0.480 e. The van der Waals surface area contributed by atoms with Crippen molar-refractivity contribution in [1.82, 2.24) is 5.32 Å². The number of carbonyl (C=O) groups excluding carboxylic acids is 1. The average molecular weight is 501 g/mol. The van der Waals surface area contributed by atoms with Crippen molar-refractivity contribution in [2.24, 2.45) is 0 Å². The maximum Gasteiger partial charge on any atom is 0.326 e. The van der Waals surface area contributed by atoms with E-state index in [1.54, 1.807) is 75.4 Å². The fourth-order valence-electron chi connectivity index (χ4n) is 3.41. The molecule has 1 atom stereocenters. The number of anilines is 1. The minimum Gasteiger partial charge on any atom is -0.480 e. The molecule has 0 radical (unpaired) electrons. The normalized spacial score (nSPS) is 12.1. The highest BCUT2D eigenvalue weighted by atomic mass is 35.5. The van der Waals surface area contributed by atoms with Crippen LogP contribution in [0, 0.1) is 13.8 Å². The average Bonchev–Trinajstić information content (AvgIpc) is 2.79. The molecule has 0 bridgehead atoms. The molecule has 3 rings (SSSR count). The van der Waals surface area contributed by atoms with Crippen LogP contribution in [0.4, 0.5) is 5.69 Å². The number of nitrogens with one attached hydrogen (secondary N) is 2. The number of aliphatic carboxylic acids is 1. The number of hydrogen-bond acceptors (Lipinski definition) is 4. The Morgan fingerprint density at radius 3 is 2.26 bits per heavy atom. The van der Waals surface area contributed by atoms with Crippen LogP contribution in [0.1, 0.15) is 34.8 Å². The lowest BCUT2D eigenvalue weighted by Crippen LogP contribution is -2.40. The zero-order valence-electron chi connectivity index (χ0n) is 18.9. The quantitative estimate of drug-likeness (QED) is 0.402. The third-order valence-corrected chi connectivity index (χ3v) is 7.28. The van der Waals surface area contributed by atoms with Crippen LogP contribution in [0.2, 0.25) is 5.02 Å². The van der Waals surface area contributed by atoms with E-state index in [2.05, 4.69) is 10.0 Å². The maximum absolute atomic E-state index is 13.0. The summed E-state index contributed by atoms with van der Waals surface area (Å²) in [4.78, 5) is 23.6. The van der Waals surface area contributed by atoms with Crippen LogP contribution in [-0.4, -0.2) is 31.4 Å². The minimum absolute atomic E-state index is 0.155. The maximum atomic E-state index is 13.0. The van der Waals surface area contributed by atoms with E-state index < -0.39 is 27.9 Å². The van der Waals surface area contributed by atoms with Gasteiger partial charge in [-0.3, -0.25) is 9.52 Å². The lowest BCUT2D eigenvalue weighted by atomic mass is 10.0. The second kappa shape index (κ2) is 10.3. The van der Waals surface area contributed by atoms with E-state index in [0.29, 0.717) is 27.4 Å². The second-order valence-electron chi connectivity index (χ2n) is 7.90. The summed E-state index contributed by atoms with van der Waals surface area (Å²) in [6.07, 6.45) is 0.275. The highest BCUT2D eigenvalue weighted by molar-refractivity contribution is 7.92. The van der Waals surface area contributed by atoms with Gasteiger partial charge in [0.2, 0.25) is 0 Å². The molecule has 3 N–H and O–H groups in total. The van der Waals surface area contributed by atoms with E-state index in [9.17, 15) is 18.0 Å². The van der Waals surface area contributed by atoms with E-state index in [4.69, 9.17) is 16.7 Å². The lowest BCUT2D eigenvalue weighted by molar-refractivity contribution is -0.139. The molecule has 3 aromatic rings. The molecule has 0 aliphatic rings. The van der Waals surface area contributed by atoms with Crippen molar-refractivity contribution in [1.29, 1.82) is 0 Å². The summed E-state index contributed by atoms with van der Waals surface area (Å²) in [5, 5.41) is 12.1. The van der Waals surface area contributed by atoms with Crippen LogP contribution < -0.4 is 10.0 Å². The second-order valence-corrected chi connectivity index (χ2v) is 9.96. The zero-order chi connectivity index (χ0) is 25.0. The molecule has 0 unspecified atom stereocenters. The monoisotopic (exact) mass is 500 g/mol. The molecule has 9 heteroatoms. The van der Waals surface area contributed by atoms with Crippen LogP contribution >= 0.6 is 11.6 Å². The first kappa shape index (κ1) is 25.3. The number of carboxylic acids is 1. The predicted octanol–water partition coefficient (Wildman–Crippen LogP) is 5.02. The number of amides is 1. The number of aryl methyl sites for hydroxylation is 2. The van der Waals surface area contributed by atoms with Gasteiger partial charge in [-0.25, -0.2) is 13.2 Å². The number of rotatable bonds is 8. The topological polar surface area (TPSA) is 113 Å². The molecule has 0 spiro atoms. The van der Waals surface area contributed by atoms with Gasteiger partial charge in [-0.1, -0.05) is 42.8 Å². The molecule has 3 aromatic carbocycles. The summed E-state index contributed by atoms with van der Waals surface area (Å²) in [6, 6.07) is 15.7. The Kier molecular flexibility index (Phi) is 7.64. The molecule has 0 aromatic heterocycles. The van der Waals surface area contributed by atoms with E-state index in [1.165, 1.54) is 0 Å². The standard InChI is InChI=1S/C25H25ClN2O5S/c1-4-22(25(30)31)27-24(29)18-10-8-17(9-11-18)19-6-5-7-20(14-19)28-34(32,33)23-13-15(2)21(26)12-16(23)3/h5-14,22,28H,4H2,1-3H3,(H,27,29)(H,30,31)/t22-/m0/s1. The van der Waals surface area contributed by atoms with Crippen molar-refractivity contribution in [2.45, 2.75) is 38.1 Å². The highest BCUT2D eigenvalue weighted by Gasteiger charge is 2.20. The molecule has 0 saturated heterocycles. The summed E-state index contributed by atoms with van der Waals surface area (Å²) in [5.41, 5.74) is 3.43. The first-order valence-corrected chi connectivity index (χ1v) is 12.4. The molecule has 0 fully saturated rings. The Bertz CT molecular complexity index is 1340.